The number of rotatable bonds is 5. The predicted octanol–water partition coefficient (Wildman–Crippen LogP) is 3.41. The Balaban J connectivity index is 0.00000210. The van der Waals surface area contributed by atoms with Gasteiger partial charge in [-0.25, -0.2) is 0 Å². The normalized spacial score (nSPS) is 13.7. The van der Waals surface area contributed by atoms with Gasteiger partial charge in [-0.2, -0.15) is 4.98 Å². The summed E-state index contributed by atoms with van der Waals surface area (Å²) in [7, 11) is 0. The van der Waals surface area contributed by atoms with Gasteiger partial charge < -0.3 is 15.2 Å². The molecule has 1 aromatic heterocycles. The number of amides is 1. The van der Waals surface area contributed by atoms with E-state index in [1.165, 1.54) is 0 Å². The molecule has 4 rings (SSSR count). The first kappa shape index (κ1) is 19.1. The monoisotopic (exact) mass is 384 g/mol. The summed E-state index contributed by atoms with van der Waals surface area (Å²) in [5.74, 6) is 1.23. The van der Waals surface area contributed by atoms with E-state index in [0.717, 1.165) is 35.2 Å². The summed E-state index contributed by atoms with van der Waals surface area (Å²) in [6.07, 6.45) is 1.59. The summed E-state index contributed by atoms with van der Waals surface area (Å²) in [5, 5.41) is 4.08. The fourth-order valence-electron chi connectivity index (χ4n) is 3.14. The smallest absolute Gasteiger partial charge is 0.258 e. The number of hydrogen-bond donors (Lipinski definition) is 1. The van der Waals surface area contributed by atoms with Crippen LogP contribution in [-0.4, -0.2) is 27.5 Å². The van der Waals surface area contributed by atoms with Crippen LogP contribution in [0, 0.1) is 0 Å². The van der Waals surface area contributed by atoms with Crippen LogP contribution in [-0.2, 0) is 17.9 Å². The standard InChI is InChI=1S/C20H20N4O2.ClH/c21-12-14-6-8-16(9-7-14)19-22-20(26-23-19)17-4-1-3-15(11-17)13-24-10-2-5-18(24)25;/h1,3-4,6-9,11H,2,5,10,12-13,21H2;1H. The topological polar surface area (TPSA) is 85.2 Å². The average molecular weight is 385 g/mol. The van der Waals surface area contributed by atoms with E-state index in [1.807, 2.05) is 53.4 Å². The lowest BCUT2D eigenvalue weighted by Crippen LogP contribution is -2.23. The van der Waals surface area contributed by atoms with Crippen LogP contribution in [0.1, 0.15) is 24.0 Å². The van der Waals surface area contributed by atoms with Crippen molar-refractivity contribution in [1.29, 1.82) is 0 Å². The Bertz CT molecular complexity index is 924. The van der Waals surface area contributed by atoms with Gasteiger partial charge in [-0.05, 0) is 29.7 Å². The number of aromatic nitrogens is 2. The van der Waals surface area contributed by atoms with Gasteiger partial charge in [0, 0.05) is 37.2 Å². The first-order valence-electron chi connectivity index (χ1n) is 8.73. The number of carbonyl (C=O) groups is 1. The molecule has 0 radical (unpaired) electrons. The number of hydrogen-bond acceptors (Lipinski definition) is 5. The number of nitrogens with two attached hydrogens (primary N) is 1. The van der Waals surface area contributed by atoms with Crippen molar-refractivity contribution < 1.29 is 9.32 Å². The average Bonchev–Trinajstić information content (AvgIpc) is 3.32. The Morgan fingerprint density at radius 2 is 1.89 bits per heavy atom. The first-order chi connectivity index (χ1) is 12.7. The van der Waals surface area contributed by atoms with Gasteiger partial charge in [-0.15, -0.1) is 12.4 Å². The molecule has 0 atom stereocenters. The van der Waals surface area contributed by atoms with Crippen LogP contribution >= 0.6 is 12.4 Å². The van der Waals surface area contributed by atoms with Crippen LogP contribution in [0.25, 0.3) is 22.8 Å². The maximum Gasteiger partial charge on any atom is 0.258 e. The fraction of sp³-hybridized carbons (Fsp3) is 0.250. The molecular weight excluding hydrogens is 364 g/mol. The molecule has 140 valence electrons. The Kier molecular flexibility index (Phi) is 5.88. The fourth-order valence-corrected chi connectivity index (χ4v) is 3.14. The molecule has 27 heavy (non-hydrogen) atoms. The highest BCUT2D eigenvalue weighted by Crippen LogP contribution is 2.24. The van der Waals surface area contributed by atoms with Gasteiger partial charge >= 0.3 is 0 Å². The maximum absolute atomic E-state index is 11.8. The number of benzene rings is 2. The third-order valence-electron chi connectivity index (χ3n) is 4.59. The molecule has 1 saturated heterocycles. The van der Waals surface area contributed by atoms with Crippen molar-refractivity contribution in [2.24, 2.45) is 5.73 Å². The Hall–Kier alpha value is -2.70. The molecule has 2 heterocycles. The van der Waals surface area contributed by atoms with Gasteiger partial charge in [0.05, 0.1) is 0 Å². The second-order valence-electron chi connectivity index (χ2n) is 6.44. The highest BCUT2D eigenvalue weighted by Gasteiger charge is 2.20. The van der Waals surface area contributed by atoms with E-state index in [0.29, 0.717) is 31.2 Å². The van der Waals surface area contributed by atoms with Gasteiger partial charge in [-0.3, -0.25) is 4.79 Å². The number of nitrogens with zero attached hydrogens (tertiary/aromatic N) is 3. The molecule has 1 amide bonds. The molecule has 0 aliphatic carbocycles. The molecule has 7 heteroatoms. The quantitative estimate of drug-likeness (QED) is 0.728. The Labute approximate surface area is 163 Å². The Morgan fingerprint density at radius 1 is 1.07 bits per heavy atom. The molecule has 0 unspecified atom stereocenters. The van der Waals surface area contributed by atoms with E-state index < -0.39 is 0 Å². The molecule has 0 spiro atoms. The summed E-state index contributed by atoms with van der Waals surface area (Å²) in [6, 6.07) is 15.7. The summed E-state index contributed by atoms with van der Waals surface area (Å²) >= 11 is 0. The van der Waals surface area contributed by atoms with Crippen molar-refractivity contribution in [2.45, 2.75) is 25.9 Å². The van der Waals surface area contributed by atoms with E-state index in [4.69, 9.17) is 10.3 Å². The lowest BCUT2D eigenvalue weighted by atomic mass is 10.1. The van der Waals surface area contributed by atoms with Crippen molar-refractivity contribution in [1.82, 2.24) is 15.0 Å². The van der Waals surface area contributed by atoms with Crippen LogP contribution in [0.3, 0.4) is 0 Å². The molecule has 1 fully saturated rings. The zero-order chi connectivity index (χ0) is 17.9. The molecule has 2 aromatic carbocycles. The van der Waals surface area contributed by atoms with Crippen molar-refractivity contribution in [2.75, 3.05) is 6.54 Å². The maximum atomic E-state index is 11.8. The van der Waals surface area contributed by atoms with E-state index in [1.54, 1.807) is 0 Å². The minimum atomic E-state index is 0. The second kappa shape index (κ2) is 8.33. The van der Waals surface area contributed by atoms with E-state index >= 15 is 0 Å². The van der Waals surface area contributed by atoms with Gasteiger partial charge in [0.2, 0.25) is 11.7 Å². The number of carbonyl (C=O) groups excluding carboxylic acids is 1. The summed E-state index contributed by atoms with van der Waals surface area (Å²) in [6.45, 7) is 1.95. The van der Waals surface area contributed by atoms with Crippen molar-refractivity contribution in [3.05, 3.63) is 59.7 Å². The third-order valence-corrected chi connectivity index (χ3v) is 4.59. The highest BCUT2D eigenvalue weighted by atomic mass is 35.5. The van der Waals surface area contributed by atoms with Gasteiger partial charge in [-0.1, -0.05) is 41.6 Å². The SMILES string of the molecule is Cl.NCc1ccc(-c2noc(-c3cccc(CN4CCCC4=O)c3)n2)cc1. The summed E-state index contributed by atoms with van der Waals surface area (Å²) < 4.78 is 5.44. The molecule has 3 aromatic rings. The van der Waals surface area contributed by atoms with E-state index in [9.17, 15) is 4.79 Å². The van der Waals surface area contributed by atoms with E-state index in [2.05, 4.69) is 10.1 Å². The molecular formula is C20H21ClN4O2. The van der Waals surface area contributed by atoms with Crippen LogP contribution < -0.4 is 5.73 Å². The van der Waals surface area contributed by atoms with Crippen LogP contribution in [0.4, 0.5) is 0 Å². The number of likely N-dealkylation sites (tertiary alicyclic amines) is 1. The lowest BCUT2D eigenvalue weighted by molar-refractivity contribution is -0.128. The molecule has 1 aliphatic rings. The number of halogens is 1. The van der Waals surface area contributed by atoms with Crippen LogP contribution in [0.15, 0.2) is 53.1 Å². The zero-order valence-electron chi connectivity index (χ0n) is 14.8. The Morgan fingerprint density at radius 3 is 2.59 bits per heavy atom. The van der Waals surface area contributed by atoms with Crippen LogP contribution in [0.2, 0.25) is 0 Å². The summed E-state index contributed by atoms with van der Waals surface area (Å²) in [4.78, 5) is 18.2. The van der Waals surface area contributed by atoms with Crippen molar-refractivity contribution in [3.63, 3.8) is 0 Å². The van der Waals surface area contributed by atoms with Crippen molar-refractivity contribution in [3.8, 4) is 22.8 Å². The molecule has 0 bridgehead atoms. The largest absolute Gasteiger partial charge is 0.338 e. The zero-order valence-corrected chi connectivity index (χ0v) is 15.6. The molecule has 6 nitrogen and oxygen atoms in total. The molecule has 2 N–H and O–H groups in total. The minimum Gasteiger partial charge on any atom is -0.338 e. The first-order valence-corrected chi connectivity index (χ1v) is 8.73. The molecule has 0 saturated carbocycles. The molecule has 1 aliphatic heterocycles. The lowest BCUT2D eigenvalue weighted by Gasteiger charge is -2.15. The second-order valence-corrected chi connectivity index (χ2v) is 6.44. The highest BCUT2D eigenvalue weighted by molar-refractivity contribution is 5.85. The van der Waals surface area contributed by atoms with Gasteiger partial charge in [0.25, 0.3) is 5.89 Å². The van der Waals surface area contributed by atoms with E-state index in [-0.39, 0.29) is 18.3 Å². The predicted molar refractivity (Wildman–Crippen MR) is 105 cm³/mol. The van der Waals surface area contributed by atoms with Crippen molar-refractivity contribution >= 4 is 18.3 Å². The van der Waals surface area contributed by atoms with Gasteiger partial charge in [0.15, 0.2) is 0 Å². The van der Waals surface area contributed by atoms with Gasteiger partial charge in [0.1, 0.15) is 0 Å². The third kappa shape index (κ3) is 4.18. The minimum absolute atomic E-state index is 0. The summed E-state index contributed by atoms with van der Waals surface area (Å²) in [5.41, 5.74) is 9.48. The van der Waals surface area contributed by atoms with Crippen LogP contribution in [0.5, 0.6) is 0 Å².